The summed E-state index contributed by atoms with van der Waals surface area (Å²) in [4.78, 5) is 0. The first-order valence-corrected chi connectivity index (χ1v) is 5.74. The van der Waals surface area contributed by atoms with Gasteiger partial charge in [0, 0.05) is 11.3 Å². The first-order valence-electron chi connectivity index (χ1n) is 3.84. The molecule has 0 spiro atoms. The van der Waals surface area contributed by atoms with Gasteiger partial charge in [0.1, 0.15) is 5.76 Å². The van der Waals surface area contributed by atoms with Crippen LogP contribution >= 0.6 is 0 Å². The molecule has 5 heteroatoms. The van der Waals surface area contributed by atoms with Gasteiger partial charge in [-0.25, -0.2) is 8.42 Å². The Kier molecular flexibility index (Phi) is 2.81. The summed E-state index contributed by atoms with van der Waals surface area (Å²) >= 11 is 0. The highest BCUT2D eigenvalue weighted by molar-refractivity contribution is 7.92. The van der Waals surface area contributed by atoms with Crippen LogP contribution in [0.5, 0.6) is 0 Å². The van der Waals surface area contributed by atoms with E-state index in [9.17, 15) is 8.42 Å². The smallest absolute Gasteiger partial charge is 0.229 e. The average molecular weight is 213 g/mol. The van der Waals surface area contributed by atoms with Crippen LogP contribution in [0, 0.1) is 0 Å². The maximum absolute atomic E-state index is 10.8. The molecule has 0 atom stereocenters. The molecule has 1 rings (SSSR count). The quantitative estimate of drug-likeness (QED) is 0.749. The molecule has 0 heterocycles. The number of aliphatic hydroxyl groups is 1. The maximum atomic E-state index is 10.8. The molecule has 1 aromatic carbocycles. The third kappa shape index (κ3) is 3.10. The Morgan fingerprint density at radius 1 is 1.36 bits per heavy atom. The van der Waals surface area contributed by atoms with E-state index in [1.54, 1.807) is 24.3 Å². The molecule has 0 aromatic heterocycles. The van der Waals surface area contributed by atoms with E-state index in [-0.39, 0.29) is 5.76 Å². The lowest BCUT2D eigenvalue weighted by Gasteiger charge is -2.04. The van der Waals surface area contributed by atoms with Gasteiger partial charge in [0.2, 0.25) is 10.0 Å². The Labute approximate surface area is 82.9 Å². The number of hydrogen-bond donors (Lipinski definition) is 2. The van der Waals surface area contributed by atoms with Gasteiger partial charge in [0.25, 0.3) is 0 Å². The molecular weight excluding hydrogens is 202 g/mol. The van der Waals surface area contributed by atoms with E-state index in [2.05, 4.69) is 11.3 Å². The fraction of sp³-hybridized carbons (Fsp3) is 0.111. The van der Waals surface area contributed by atoms with Crippen molar-refractivity contribution >= 4 is 21.5 Å². The molecule has 0 fully saturated rings. The van der Waals surface area contributed by atoms with Crippen LogP contribution in [-0.4, -0.2) is 19.8 Å². The van der Waals surface area contributed by atoms with Crippen molar-refractivity contribution in [1.29, 1.82) is 0 Å². The van der Waals surface area contributed by atoms with Crippen molar-refractivity contribution in [3.05, 3.63) is 36.4 Å². The van der Waals surface area contributed by atoms with Gasteiger partial charge in [0.05, 0.1) is 6.26 Å². The van der Waals surface area contributed by atoms with Crippen LogP contribution in [0.4, 0.5) is 5.69 Å². The van der Waals surface area contributed by atoms with Crippen molar-refractivity contribution in [3.63, 3.8) is 0 Å². The molecule has 0 unspecified atom stereocenters. The molecule has 4 nitrogen and oxygen atoms in total. The Morgan fingerprint density at radius 2 is 1.86 bits per heavy atom. The first-order chi connectivity index (χ1) is 6.38. The minimum Gasteiger partial charge on any atom is -0.508 e. The van der Waals surface area contributed by atoms with Crippen LogP contribution in [0.1, 0.15) is 5.56 Å². The molecule has 0 amide bonds. The Balaban J connectivity index is 2.90. The van der Waals surface area contributed by atoms with Gasteiger partial charge in [-0.1, -0.05) is 6.58 Å². The first kappa shape index (κ1) is 10.6. The standard InChI is InChI=1S/C9H11NO3S/c1-7(11)8-3-5-9(6-4-8)10-14(2,12)13/h3-6,10-11H,1H2,2H3. The Morgan fingerprint density at radius 3 is 2.21 bits per heavy atom. The van der Waals surface area contributed by atoms with Gasteiger partial charge in [-0.2, -0.15) is 0 Å². The number of hydrogen-bond acceptors (Lipinski definition) is 3. The monoisotopic (exact) mass is 213 g/mol. The van der Waals surface area contributed by atoms with Gasteiger partial charge in [-0.05, 0) is 24.3 Å². The molecule has 2 N–H and O–H groups in total. The van der Waals surface area contributed by atoms with Gasteiger partial charge in [0.15, 0.2) is 0 Å². The number of benzene rings is 1. The molecule has 14 heavy (non-hydrogen) atoms. The molecule has 0 saturated carbocycles. The number of anilines is 1. The van der Waals surface area contributed by atoms with Crippen molar-refractivity contribution in [1.82, 2.24) is 0 Å². The molecular formula is C9H11NO3S. The fourth-order valence-corrected chi connectivity index (χ4v) is 1.51. The number of rotatable bonds is 3. The van der Waals surface area contributed by atoms with E-state index in [1.807, 2.05) is 0 Å². The van der Waals surface area contributed by atoms with Crippen LogP contribution in [0.2, 0.25) is 0 Å². The minimum atomic E-state index is -3.25. The van der Waals surface area contributed by atoms with Crippen molar-refractivity contribution in [2.75, 3.05) is 11.0 Å². The van der Waals surface area contributed by atoms with E-state index in [0.29, 0.717) is 11.3 Å². The third-order valence-electron chi connectivity index (χ3n) is 1.52. The van der Waals surface area contributed by atoms with Gasteiger partial charge >= 0.3 is 0 Å². The zero-order valence-corrected chi connectivity index (χ0v) is 8.50. The largest absolute Gasteiger partial charge is 0.508 e. The van der Waals surface area contributed by atoms with E-state index in [0.717, 1.165) is 6.26 Å². The summed E-state index contributed by atoms with van der Waals surface area (Å²) in [5, 5.41) is 9.01. The molecule has 76 valence electrons. The summed E-state index contributed by atoms with van der Waals surface area (Å²) in [6.45, 7) is 3.35. The lowest BCUT2D eigenvalue weighted by atomic mass is 10.2. The zero-order valence-electron chi connectivity index (χ0n) is 7.69. The highest BCUT2D eigenvalue weighted by Gasteiger charge is 2.01. The molecule has 0 radical (unpaired) electrons. The Bertz CT molecular complexity index is 434. The molecule has 1 aromatic rings. The number of aliphatic hydroxyl groups excluding tert-OH is 1. The van der Waals surface area contributed by atoms with Crippen LogP contribution in [0.15, 0.2) is 30.8 Å². The topological polar surface area (TPSA) is 66.4 Å². The van der Waals surface area contributed by atoms with E-state index in [1.165, 1.54) is 0 Å². The van der Waals surface area contributed by atoms with Crippen LogP contribution in [0.25, 0.3) is 5.76 Å². The number of sulfonamides is 1. The molecule has 0 saturated heterocycles. The van der Waals surface area contributed by atoms with E-state index in [4.69, 9.17) is 5.11 Å². The van der Waals surface area contributed by atoms with Gasteiger partial charge in [-0.15, -0.1) is 0 Å². The van der Waals surface area contributed by atoms with E-state index >= 15 is 0 Å². The summed E-state index contributed by atoms with van der Waals surface area (Å²) in [7, 11) is -3.25. The zero-order chi connectivity index (χ0) is 10.8. The second-order valence-electron chi connectivity index (χ2n) is 2.90. The summed E-state index contributed by atoms with van der Waals surface area (Å²) in [5.74, 6) is -0.0455. The predicted molar refractivity (Wildman–Crippen MR) is 56.6 cm³/mol. The van der Waals surface area contributed by atoms with Gasteiger partial charge in [-0.3, -0.25) is 4.72 Å². The lowest BCUT2D eigenvalue weighted by Crippen LogP contribution is -2.09. The average Bonchev–Trinajstić information content (AvgIpc) is 2.02. The van der Waals surface area contributed by atoms with E-state index < -0.39 is 10.0 Å². The summed E-state index contributed by atoms with van der Waals surface area (Å²) < 4.78 is 24.0. The van der Waals surface area contributed by atoms with Crippen LogP contribution in [-0.2, 0) is 10.0 Å². The highest BCUT2D eigenvalue weighted by Crippen LogP contribution is 2.14. The fourth-order valence-electron chi connectivity index (χ4n) is 0.945. The summed E-state index contributed by atoms with van der Waals surface area (Å²) in [5.41, 5.74) is 1.02. The van der Waals surface area contributed by atoms with Crippen LogP contribution < -0.4 is 4.72 Å². The normalized spacial score (nSPS) is 10.9. The second-order valence-corrected chi connectivity index (χ2v) is 4.65. The number of nitrogens with one attached hydrogen (secondary N) is 1. The van der Waals surface area contributed by atoms with Crippen molar-refractivity contribution < 1.29 is 13.5 Å². The predicted octanol–water partition coefficient (Wildman–Crippen LogP) is 1.59. The second kappa shape index (κ2) is 3.71. The third-order valence-corrected chi connectivity index (χ3v) is 2.13. The molecule has 0 aliphatic carbocycles. The summed E-state index contributed by atoms with van der Waals surface area (Å²) in [6.07, 6.45) is 1.08. The molecule has 0 aliphatic rings. The van der Waals surface area contributed by atoms with Crippen LogP contribution in [0.3, 0.4) is 0 Å². The van der Waals surface area contributed by atoms with Crippen molar-refractivity contribution in [2.24, 2.45) is 0 Å². The minimum absolute atomic E-state index is 0.0455. The van der Waals surface area contributed by atoms with Crippen molar-refractivity contribution in [3.8, 4) is 0 Å². The Hall–Kier alpha value is -1.49. The van der Waals surface area contributed by atoms with Crippen molar-refractivity contribution in [2.45, 2.75) is 0 Å². The van der Waals surface area contributed by atoms with Gasteiger partial charge < -0.3 is 5.11 Å². The summed E-state index contributed by atoms with van der Waals surface area (Å²) in [6, 6.07) is 6.27. The molecule has 0 aliphatic heterocycles. The lowest BCUT2D eigenvalue weighted by molar-refractivity contribution is 0.514. The molecule has 0 bridgehead atoms. The SMILES string of the molecule is C=C(O)c1ccc(NS(C)(=O)=O)cc1. The maximum Gasteiger partial charge on any atom is 0.229 e. The highest BCUT2D eigenvalue weighted by atomic mass is 32.2.